The summed E-state index contributed by atoms with van der Waals surface area (Å²) in [6.45, 7) is 13.3. The number of hydrazine groups is 1. The number of hydrogen-bond donors (Lipinski definition) is 4. The Labute approximate surface area is 364 Å². The highest BCUT2D eigenvalue weighted by atomic mass is 16.5. The minimum absolute atomic E-state index is 0.135. The molecule has 0 spiro atoms. The van der Waals surface area contributed by atoms with Gasteiger partial charge in [0.2, 0.25) is 5.91 Å². The van der Waals surface area contributed by atoms with Crippen LogP contribution in [0.2, 0.25) is 0 Å². The van der Waals surface area contributed by atoms with Crippen molar-refractivity contribution in [2.24, 2.45) is 10.8 Å². The summed E-state index contributed by atoms with van der Waals surface area (Å²) in [6.07, 6.45) is -0.0648. The van der Waals surface area contributed by atoms with Crippen molar-refractivity contribution in [2.75, 3.05) is 26.7 Å². The van der Waals surface area contributed by atoms with Crippen LogP contribution < -0.4 is 16.1 Å². The van der Waals surface area contributed by atoms with E-state index in [0.29, 0.717) is 17.9 Å². The Balaban J connectivity index is 1.41. The molecule has 2 aromatic heterocycles. The average Bonchev–Trinajstić information content (AvgIpc) is 3.57. The first-order chi connectivity index (χ1) is 29.3. The van der Waals surface area contributed by atoms with Crippen LogP contribution in [0.1, 0.15) is 75.8 Å². The van der Waals surface area contributed by atoms with Crippen molar-refractivity contribution in [3.8, 4) is 11.3 Å². The van der Waals surface area contributed by atoms with Crippen molar-refractivity contribution < 1.29 is 33.8 Å². The SMILES string of the molecule is COC(=O)N[C@H](C(=O)NN(Cc1ccc(-c2ccccn2)cc1)C[C@H](O)[C@H](Cc1ccccc1)NC(=O)[C@@H](N1CCN(Cc2cccc(C(C)=O)n2)C1=O)C(C)(C)C)C(C)(C)C. The number of pyridine rings is 2. The van der Waals surface area contributed by atoms with Crippen molar-refractivity contribution >= 4 is 29.7 Å². The molecule has 62 heavy (non-hydrogen) atoms. The Bertz CT molecular complexity index is 2160. The first-order valence-corrected chi connectivity index (χ1v) is 20.8. The number of carbonyl (C=O) groups is 5. The molecular formula is C47H60N8O7. The van der Waals surface area contributed by atoms with E-state index in [1.54, 1.807) is 39.2 Å². The first kappa shape index (κ1) is 46.9. The van der Waals surface area contributed by atoms with Gasteiger partial charge in [0.1, 0.15) is 17.8 Å². The highest BCUT2D eigenvalue weighted by molar-refractivity contribution is 5.92. The van der Waals surface area contributed by atoms with Crippen LogP contribution in [0.3, 0.4) is 0 Å². The zero-order chi connectivity index (χ0) is 45.2. The number of carbonyl (C=O) groups excluding carboxylic acids is 5. The van der Waals surface area contributed by atoms with Gasteiger partial charge in [0.05, 0.1) is 37.2 Å². The molecule has 1 fully saturated rings. The quantitative estimate of drug-likeness (QED) is 0.0793. The van der Waals surface area contributed by atoms with Gasteiger partial charge in [-0.15, -0.1) is 0 Å². The van der Waals surface area contributed by atoms with Crippen molar-refractivity contribution in [3.05, 3.63) is 120 Å². The van der Waals surface area contributed by atoms with E-state index in [9.17, 15) is 29.1 Å². The zero-order valence-electron chi connectivity index (χ0n) is 36.9. The van der Waals surface area contributed by atoms with Crippen LogP contribution in [0, 0.1) is 10.8 Å². The maximum Gasteiger partial charge on any atom is 0.407 e. The molecule has 5 amide bonds. The van der Waals surface area contributed by atoms with Crippen LogP contribution in [0.5, 0.6) is 0 Å². The molecule has 15 nitrogen and oxygen atoms in total. The maximum atomic E-state index is 14.6. The van der Waals surface area contributed by atoms with Crippen LogP contribution in [0.25, 0.3) is 11.3 Å². The minimum Gasteiger partial charge on any atom is -0.453 e. The summed E-state index contributed by atoms with van der Waals surface area (Å²) >= 11 is 0. The topological polar surface area (TPSA) is 186 Å². The molecule has 330 valence electrons. The lowest BCUT2D eigenvalue weighted by molar-refractivity contribution is -0.133. The Morgan fingerprint density at radius 3 is 2.13 bits per heavy atom. The van der Waals surface area contributed by atoms with Crippen molar-refractivity contribution in [1.29, 1.82) is 0 Å². The van der Waals surface area contributed by atoms with E-state index >= 15 is 0 Å². The second kappa shape index (κ2) is 20.6. The third-order valence-corrected chi connectivity index (χ3v) is 10.7. The Morgan fingerprint density at radius 1 is 0.823 bits per heavy atom. The number of urea groups is 1. The molecule has 0 aliphatic carbocycles. The monoisotopic (exact) mass is 848 g/mol. The standard InChI is InChI=1S/C47H60N8O7/c1-31(56)36-19-14-17-35(49-36)29-53-25-26-55(45(53)61)41(47(5,6)7)43(59)50-38(27-32-15-10-9-11-16-32)39(57)30-54(52-42(58)40(46(2,3)4)51-44(60)62-8)28-33-20-22-34(23-21-33)37-18-12-13-24-48-37/h9-24,38-41,57H,25-30H2,1-8H3,(H,50,59)(H,51,60)(H,52,58)/t38-,39-,40+,41+/m0/s1. The fourth-order valence-electron chi connectivity index (χ4n) is 7.47. The van der Waals surface area contributed by atoms with Crippen molar-refractivity contribution in [3.63, 3.8) is 0 Å². The molecule has 1 saturated heterocycles. The van der Waals surface area contributed by atoms with Gasteiger partial charge in [-0.3, -0.25) is 24.8 Å². The number of methoxy groups -OCH3 is 1. The average molecular weight is 849 g/mol. The van der Waals surface area contributed by atoms with Gasteiger partial charge in [-0.05, 0) is 52.6 Å². The third-order valence-electron chi connectivity index (χ3n) is 10.7. The molecule has 2 aromatic carbocycles. The van der Waals surface area contributed by atoms with Crippen LogP contribution in [0.4, 0.5) is 9.59 Å². The predicted molar refractivity (Wildman–Crippen MR) is 235 cm³/mol. The molecule has 0 unspecified atom stereocenters. The summed E-state index contributed by atoms with van der Waals surface area (Å²) in [6, 6.07) is 24.7. The summed E-state index contributed by atoms with van der Waals surface area (Å²) in [5.74, 6) is -1.15. The van der Waals surface area contributed by atoms with E-state index in [-0.39, 0.29) is 44.4 Å². The Morgan fingerprint density at radius 2 is 1.52 bits per heavy atom. The largest absolute Gasteiger partial charge is 0.453 e. The number of benzene rings is 2. The van der Waals surface area contributed by atoms with Gasteiger partial charge in [-0.25, -0.2) is 19.6 Å². The van der Waals surface area contributed by atoms with Gasteiger partial charge in [0.25, 0.3) is 5.91 Å². The molecule has 0 radical (unpaired) electrons. The van der Waals surface area contributed by atoms with Gasteiger partial charge in [-0.2, -0.15) is 0 Å². The number of rotatable bonds is 17. The number of alkyl carbamates (subject to hydrolysis) is 1. The Kier molecular flexibility index (Phi) is 15.6. The maximum absolute atomic E-state index is 14.6. The minimum atomic E-state index is -1.25. The van der Waals surface area contributed by atoms with E-state index in [0.717, 1.165) is 22.4 Å². The molecule has 15 heteroatoms. The molecule has 0 saturated carbocycles. The lowest BCUT2D eigenvalue weighted by Crippen LogP contribution is -2.61. The molecule has 1 aliphatic heterocycles. The summed E-state index contributed by atoms with van der Waals surface area (Å²) in [5, 5.41) is 19.5. The molecule has 1 aliphatic rings. The predicted octanol–water partition coefficient (Wildman–Crippen LogP) is 5.39. The summed E-state index contributed by atoms with van der Waals surface area (Å²) in [7, 11) is 1.22. The van der Waals surface area contributed by atoms with Gasteiger partial charge in [-0.1, -0.05) is 108 Å². The smallest absolute Gasteiger partial charge is 0.407 e. The Hall–Kier alpha value is -6.19. The number of Topliss-reactive ketones (excluding diaryl/α,β-unsaturated/α-hetero) is 1. The normalized spacial score (nSPS) is 15.1. The fourth-order valence-corrected chi connectivity index (χ4v) is 7.47. The number of nitrogens with one attached hydrogen (secondary N) is 3. The van der Waals surface area contributed by atoms with E-state index in [1.165, 1.54) is 14.0 Å². The van der Waals surface area contributed by atoms with Crippen LogP contribution in [0.15, 0.2) is 97.2 Å². The first-order valence-electron chi connectivity index (χ1n) is 20.8. The van der Waals surface area contributed by atoms with Gasteiger partial charge in [0.15, 0.2) is 5.78 Å². The number of aliphatic hydroxyl groups excluding tert-OH is 1. The van der Waals surface area contributed by atoms with E-state index in [2.05, 4.69) is 26.0 Å². The molecule has 4 N–H and O–H groups in total. The number of hydrogen-bond acceptors (Lipinski definition) is 10. The fraction of sp³-hybridized carbons (Fsp3) is 0.426. The van der Waals surface area contributed by atoms with Gasteiger partial charge >= 0.3 is 12.1 Å². The second-order valence-corrected chi connectivity index (χ2v) is 17.8. The summed E-state index contributed by atoms with van der Waals surface area (Å²) < 4.78 is 4.82. The van der Waals surface area contributed by atoms with Gasteiger partial charge < -0.3 is 30.3 Å². The zero-order valence-corrected chi connectivity index (χ0v) is 36.9. The highest BCUT2D eigenvalue weighted by Crippen LogP contribution is 2.29. The number of ketones is 1. The number of aromatic nitrogens is 2. The molecule has 4 aromatic rings. The van der Waals surface area contributed by atoms with Gasteiger partial charge in [0, 0.05) is 44.9 Å². The van der Waals surface area contributed by atoms with E-state index < -0.39 is 53.0 Å². The molecule has 0 bridgehead atoms. The summed E-state index contributed by atoms with van der Waals surface area (Å²) in [4.78, 5) is 79.0. The van der Waals surface area contributed by atoms with E-state index in [4.69, 9.17) is 4.74 Å². The lowest BCUT2D eigenvalue weighted by Gasteiger charge is -2.38. The van der Waals surface area contributed by atoms with Crippen LogP contribution in [-0.4, -0.2) is 111 Å². The lowest BCUT2D eigenvalue weighted by atomic mass is 9.84. The van der Waals surface area contributed by atoms with Crippen LogP contribution >= 0.6 is 0 Å². The number of amides is 5. The third kappa shape index (κ3) is 12.7. The molecule has 4 atom stereocenters. The molecule has 3 heterocycles. The molecule has 5 rings (SSSR count). The van der Waals surface area contributed by atoms with Crippen LogP contribution in [-0.2, 0) is 33.8 Å². The number of nitrogens with zero attached hydrogens (tertiary/aromatic N) is 5. The second-order valence-electron chi connectivity index (χ2n) is 17.8. The molecular weight excluding hydrogens is 789 g/mol. The number of ether oxygens (including phenoxy) is 1. The number of aliphatic hydroxyl groups is 1. The highest BCUT2D eigenvalue weighted by Gasteiger charge is 2.44. The van der Waals surface area contributed by atoms with Crippen molar-refractivity contribution in [1.82, 2.24) is 40.8 Å². The van der Waals surface area contributed by atoms with E-state index in [1.807, 2.05) is 114 Å². The summed E-state index contributed by atoms with van der Waals surface area (Å²) in [5.41, 5.74) is 5.72. The van der Waals surface area contributed by atoms with Crippen molar-refractivity contribution in [2.45, 2.75) is 92.2 Å².